The molecule has 7 heteroatoms. The van der Waals surface area contributed by atoms with E-state index in [-0.39, 0.29) is 6.04 Å². The van der Waals surface area contributed by atoms with Crippen molar-refractivity contribution in [3.8, 4) is 5.69 Å². The number of hydrogen-bond acceptors (Lipinski definition) is 6. The highest BCUT2D eigenvalue weighted by Crippen LogP contribution is 2.12. The molecule has 0 aliphatic rings. The fourth-order valence-electron chi connectivity index (χ4n) is 2.03. The van der Waals surface area contributed by atoms with Crippen LogP contribution in [0.2, 0.25) is 0 Å². The third kappa shape index (κ3) is 3.20. The van der Waals surface area contributed by atoms with Crippen molar-refractivity contribution in [2.45, 2.75) is 32.9 Å². The first-order valence-electron chi connectivity index (χ1n) is 7.28. The number of hydrogen-bond donors (Lipinski definition) is 1. The van der Waals surface area contributed by atoms with Crippen molar-refractivity contribution in [2.75, 3.05) is 0 Å². The first kappa shape index (κ1) is 14.4. The fraction of sp³-hybridized carbons (Fsp3) is 0.333. The lowest BCUT2D eigenvalue weighted by atomic mass is 10.2. The molecule has 0 saturated carbocycles. The molecule has 0 fully saturated rings. The van der Waals surface area contributed by atoms with Crippen LogP contribution in [-0.2, 0) is 13.0 Å². The van der Waals surface area contributed by atoms with Crippen molar-refractivity contribution in [1.29, 1.82) is 0 Å². The van der Waals surface area contributed by atoms with Crippen molar-refractivity contribution >= 4 is 0 Å². The molecule has 0 aliphatic heterocycles. The molecule has 2 aromatic heterocycles. The summed E-state index contributed by atoms with van der Waals surface area (Å²) >= 11 is 0. The molecule has 22 heavy (non-hydrogen) atoms. The second kappa shape index (κ2) is 6.48. The van der Waals surface area contributed by atoms with Gasteiger partial charge in [0, 0.05) is 6.42 Å². The van der Waals surface area contributed by atoms with Crippen LogP contribution in [0.3, 0.4) is 0 Å². The number of rotatable bonds is 6. The molecule has 0 radical (unpaired) electrons. The van der Waals surface area contributed by atoms with Gasteiger partial charge in [0.25, 0.3) is 0 Å². The van der Waals surface area contributed by atoms with Crippen molar-refractivity contribution in [1.82, 2.24) is 30.5 Å². The zero-order valence-corrected chi connectivity index (χ0v) is 12.6. The van der Waals surface area contributed by atoms with E-state index in [1.54, 1.807) is 4.68 Å². The summed E-state index contributed by atoms with van der Waals surface area (Å²) in [5.74, 6) is 1.23. The Morgan fingerprint density at radius 1 is 1.14 bits per heavy atom. The molecule has 114 valence electrons. The lowest BCUT2D eigenvalue weighted by Gasteiger charge is -2.08. The average molecular weight is 298 g/mol. The predicted octanol–water partition coefficient (Wildman–Crippen LogP) is 2.06. The quantitative estimate of drug-likeness (QED) is 0.750. The Morgan fingerprint density at radius 2 is 1.91 bits per heavy atom. The number of aromatic nitrogens is 5. The van der Waals surface area contributed by atoms with E-state index in [1.165, 1.54) is 0 Å². The molecule has 0 aliphatic carbocycles. The molecule has 1 aromatic carbocycles. The van der Waals surface area contributed by atoms with Crippen molar-refractivity contribution in [2.24, 2.45) is 0 Å². The zero-order valence-electron chi connectivity index (χ0n) is 12.6. The topological polar surface area (TPSA) is 81.7 Å². The summed E-state index contributed by atoms with van der Waals surface area (Å²) in [6, 6.07) is 9.93. The number of para-hydroxylation sites is 1. The van der Waals surface area contributed by atoms with Crippen LogP contribution in [0.4, 0.5) is 0 Å². The summed E-state index contributed by atoms with van der Waals surface area (Å²) in [7, 11) is 0. The average Bonchev–Trinajstić information content (AvgIpc) is 3.22. The van der Waals surface area contributed by atoms with Crippen molar-refractivity contribution in [3.63, 3.8) is 0 Å². The van der Waals surface area contributed by atoms with Gasteiger partial charge in [0.15, 0.2) is 0 Å². The second-order valence-corrected chi connectivity index (χ2v) is 4.97. The van der Waals surface area contributed by atoms with Crippen LogP contribution < -0.4 is 5.32 Å². The summed E-state index contributed by atoms with van der Waals surface area (Å²) in [6.07, 6.45) is 2.66. The van der Waals surface area contributed by atoms with Gasteiger partial charge in [0.2, 0.25) is 11.8 Å². The normalized spacial score (nSPS) is 12.5. The van der Waals surface area contributed by atoms with Gasteiger partial charge in [-0.2, -0.15) is 0 Å². The monoisotopic (exact) mass is 298 g/mol. The minimum Gasteiger partial charge on any atom is -0.424 e. The highest BCUT2D eigenvalue weighted by atomic mass is 16.4. The van der Waals surface area contributed by atoms with Crippen molar-refractivity contribution in [3.05, 3.63) is 54.0 Å². The van der Waals surface area contributed by atoms with Gasteiger partial charge in [-0.1, -0.05) is 30.3 Å². The van der Waals surface area contributed by atoms with Crippen molar-refractivity contribution < 1.29 is 4.42 Å². The summed E-state index contributed by atoms with van der Waals surface area (Å²) < 4.78 is 7.23. The predicted molar refractivity (Wildman–Crippen MR) is 80.3 cm³/mol. The number of nitrogens with one attached hydrogen (secondary N) is 1. The third-order valence-corrected chi connectivity index (χ3v) is 3.35. The molecule has 0 saturated heterocycles. The van der Waals surface area contributed by atoms with E-state index in [9.17, 15) is 0 Å². The first-order valence-corrected chi connectivity index (χ1v) is 7.28. The lowest BCUT2D eigenvalue weighted by molar-refractivity contribution is 0.420. The van der Waals surface area contributed by atoms with E-state index in [4.69, 9.17) is 4.42 Å². The van der Waals surface area contributed by atoms with Gasteiger partial charge in [-0.3, -0.25) is 0 Å². The van der Waals surface area contributed by atoms with E-state index in [1.807, 2.05) is 50.4 Å². The Hall–Kier alpha value is -2.54. The van der Waals surface area contributed by atoms with E-state index < -0.39 is 0 Å². The summed E-state index contributed by atoms with van der Waals surface area (Å²) in [4.78, 5) is 0. The molecule has 2 heterocycles. The third-order valence-electron chi connectivity index (χ3n) is 3.35. The van der Waals surface area contributed by atoms with Gasteiger partial charge >= 0.3 is 0 Å². The molecule has 1 N–H and O–H groups in total. The van der Waals surface area contributed by atoms with Crippen LogP contribution in [0.5, 0.6) is 0 Å². The number of benzene rings is 1. The van der Waals surface area contributed by atoms with Gasteiger partial charge < -0.3 is 9.73 Å². The molecule has 0 bridgehead atoms. The van der Waals surface area contributed by atoms with Crippen LogP contribution in [0.1, 0.15) is 37.4 Å². The van der Waals surface area contributed by atoms with Gasteiger partial charge in [0.1, 0.15) is 0 Å². The Balaban J connectivity index is 1.63. The second-order valence-electron chi connectivity index (χ2n) is 4.97. The Bertz CT molecular complexity index is 720. The molecule has 0 spiro atoms. The van der Waals surface area contributed by atoms with E-state index in [2.05, 4.69) is 25.8 Å². The summed E-state index contributed by atoms with van der Waals surface area (Å²) in [5, 5.41) is 19.6. The maximum atomic E-state index is 5.47. The maximum Gasteiger partial charge on any atom is 0.230 e. The zero-order chi connectivity index (χ0) is 15.4. The highest BCUT2D eigenvalue weighted by Gasteiger charge is 2.12. The molecule has 3 aromatic rings. The van der Waals surface area contributed by atoms with Gasteiger partial charge in [-0.15, -0.1) is 15.3 Å². The minimum absolute atomic E-state index is 0.0365. The smallest absolute Gasteiger partial charge is 0.230 e. The fourth-order valence-corrected chi connectivity index (χ4v) is 2.03. The maximum absolute atomic E-state index is 5.47. The Morgan fingerprint density at radius 3 is 2.64 bits per heavy atom. The molecule has 7 nitrogen and oxygen atoms in total. The Labute approximate surface area is 128 Å². The Kier molecular flexibility index (Phi) is 4.24. The summed E-state index contributed by atoms with van der Waals surface area (Å²) in [5.41, 5.74) is 1.84. The van der Waals surface area contributed by atoms with E-state index >= 15 is 0 Å². The van der Waals surface area contributed by atoms with Gasteiger partial charge in [-0.25, -0.2) is 4.68 Å². The highest BCUT2D eigenvalue weighted by molar-refractivity contribution is 5.30. The lowest BCUT2D eigenvalue weighted by Crippen LogP contribution is -2.18. The standard InChI is InChI=1S/C15H18N6O/c1-3-14-18-19-15(22-14)9-16-11(2)13-10-21(20-17-13)12-7-5-4-6-8-12/h4-8,10-11,16H,3,9H2,1-2H3/t11-/m0/s1. The summed E-state index contributed by atoms with van der Waals surface area (Å²) in [6.45, 7) is 4.51. The number of aryl methyl sites for hydroxylation is 1. The first-order chi connectivity index (χ1) is 10.8. The SMILES string of the molecule is CCc1nnc(CN[C@@H](C)c2cn(-c3ccccc3)nn2)o1. The van der Waals surface area contributed by atoms with Crippen LogP contribution in [0.25, 0.3) is 5.69 Å². The molecule has 1 atom stereocenters. The molecular weight excluding hydrogens is 280 g/mol. The van der Waals surface area contributed by atoms with Crippen LogP contribution in [-0.4, -0.2) is 25.2 Å². The van der Waals surface area contributed by atoms with Gasteiger partial charge in [0.05, 0.1) is 30.2 Å². The van der Waals surface area contributed by atoms with Crippen LogP contribution in [0, 0.1) is 0 Å². The van der Waals surface area contributed by atoms with E-state index in [0.717, 1.165) is 17.8 Å². The minimum atomic E-state index is 0.0365. The molecule has 3 rings (SSSR count). The van der Waals surface area contributed by atoms with E-state index in [0.29, 0.717) is 18.3 Å². The molecule has 0 amide bonds. The molecular formula is C15H18N6O. The largest absolute Gasteiger partial charge is 0.424 e. The van der Waals surface area contributed by atoms with Crippen LogP contribution >= 0.6 is 0 Å². The van der Waals surface area contributed by atoms with Crippen LogP contribution in [0.15, 0.2) is 40.9 Å². The van der Waals surface area contributed by atoms with Gasteiger partial charge in [-0.05, 0) is 19.1 Å². The molecule has 0 unspecified atom stereocenters. The number of nitrogens with zero attached hydrogens (tertiary/aromatic N) is 5.